The Bertz CT molecular complexity index is 296. The molecule has 1 rings (SSSR count). The van der Waals surface area contributed by atoms with Crippen LogP contribution in [0.25, 0.3) is 0 Å². The van der Waals surface area contributed by atoms with E-state index in [4.69, 9.17) is 4.74 Å². The Morgan fingerprint density at radius 2 is 1.80 bits per heavy atom. The van der Waals surface area contributed by atoms with E-state index in [1.54, 1.807) is 7.11 Å². The fraction of sp³-hybridized carbons (Fsp3) is 0.429. The molecule has 0 saturated heterocycles. The van der Waals surface area contributed by atoms with E-state index in [-0.39, 0.29) is 0 Å². The Kier molecular flexibility index (Phi) is 4.96. The van der Waals surface area contributed by atoms with Crippen molar-refractivity contribution in [2.24, 2.45) is 5.92 Å². The molecule has 0 atom stereocenters. The molecule has 0 aromatic heterocycles. The zero-order valence-electron chi connectivity index (χ0n) is 9.86. The highest BCUT2D eigenvalue weighted by atomic mass is 16.5. The summed E-state index contributed by atoms with van der Waals surface area (Å²) in [6.07, 6.45) is 6.67. The zero-order valence-corrected chi connectivity index (χ0v) is 9.86. The zero-order chi connectivity index (χ0) is 11.1. The first kappa shape index (κ1) is 11.8. The van der Waals surface area contributed by atoms with Crippen molar-refractivity contribution in [3.05, 3.63) is 42.0 Å². The molecule has 1 aromatic carbocycles. The third-order valence-corrected chi connectivity index (χ3v) is 2.29. The molecule has 1 nitrogen and oxygen atoms in total. The van der Waals surface area contributed by atoms with Gasteiger partial charge in [0.2, 0.25) is 0 Å². The average molecular weight is 204 g/mol. The molecule has 82 valence electrons. The van der Waals surface area contributed by atoms with Gasteiger partial charge in [0.25, 0.3) is 0 Å². The van der Waals surface area contributed by atoms with E-state index in [9.17, 15) is 0 Å². The third kappa shape index (κ3) is 4.68. The number of benzene rings is 1. The van der Waals surface area contributed by atoms with Crippen LogP contribution in [0.2, 0.25) is 0 Å². The lowest BCUT2D eigenvalue weighted by atomic mass is 10.1. The van der Waals surface area contributed by atoms with Gasteiger partial charge in [-0.05, 0) is 36.5 Å². The fourth-order valence-corrected chi connectivity index (χ4v) is 1.35. The maximum atomic E-state index is 5.11. The summed E-state index contributed by atoms with van der Waals surface area (Å²) in [7, 11) is 1.69. The number of ether oxygens (including phenoxy) is 1. The Balaban J connectivity index is 2.40. The highest BCUT2D eigenvalue weighted by Gasteiger charge is 1.92. The second-order valence-electron chi connectivity index (χ2n) is 4.15. The molecule has 15 heavy (non-hydrogen) atoms. The summed E-state index contributed by atoms with van der Waals surface area (Å²) >= 11 is 0. The summed E-state index contributed by atoms with van der Waals surface area (Å²) in [5, 5.41) is 0. The van der Waals surface area contributed by atoms with Crippen molar-refractivity contribution in [3.8, 4) is 5.75 Å². The molecule has 0 spiro atoms. The third-order valence-electron chi connectivity index (χ3n) is 2.29. The van der Waals surface area contributed by atoms with Crippen LogP contribution in [0.1, 0.15) is 25.8 Å². The van der Waals surface area contributed by atoms with Crippen molar-refractivity contribution in [1.82, 2.24) is 0 Å². The van der Waals surface area contributed by atoms with Crippen LogP contribution in [-0.2, 0) is 6.42 Å². The van der Waals surface area contributed by atoms with Gasteiger partial charge >= 0.3 is 0 Å². The van der Waals surface area contributed by atoms with Crippen LogP contribution in [0.4, 0.5) is 0 Å². The highest BCUT2D eigenvalue weighted by Crippen LogP contribution is 2.12. The minimum Gasteiger partial charge on any atom is -0.497 e. The van der Waals surface area contributed by atoms with Gasteiger partial charge in [-0.25, -0.2) is 0 Å². The smallest absolute Gasteiger partial charge is 0.118 e. The summed E-state index contributed by atoms with van der Waals surface area (Å²) in [5.74, 6) is 1.67. The summed E-state index contributed by atoms with van der Waals surface area (Å²) < 4.78 is 5.11. The van der Waals surface area contributed by atoms with Crippen molar-refractivity contribution >= 4 is 0 Å². The van der Waals surface area contributed by atoms with E-state index < -0.39 is 0 Å². The fourth-order valence-electron chi connectivity index (χ4n) is 1.35. The lowest BCUT2D eigenvalue weighted by Gasteiger charge is -2.01. The first-order chi connectivity index (χ1) is 7.22. The van der Waals surface area contributed by atoms with Gasteiger partial charge in [0.05, 0.1) is 7.11 Å². The molecule has 0 fully saturated rings. The van der Waals surface area contributed by atoms with Crippen molar-refractivity contribution in [2.45, 2.75) is 26.7 Å². The molecule has 0 unspecified atom stereocenters. The van der Waals surface area contributed by atoms with E-state index in [0.717, 1.165) is 24.5 Å². The van der Waals surface area contributed by atoms with Crippen LogP contribution in [0.3, 0.4) is 0 Å². The molecule has 1 aromatic rings. The van der Waals surface area contributed by atoms with Crippen LogP contribution in [0.15, 0.2) is 36.4 Å². The van der Waals surface area contributed by atoms with Gasteiger partial charge in [0, 0.05) is 0 Å². The second-order valence-corrected chi connectivity index (χ2v) is 4.15. The van der Waals surface area contributed by atoms with Gasteiger partial charge in [-0.2, -0.15) is 0 Å². The normalized spacial score (nSPS) is 11.2. The van der Waals surface area contributed by atoms with Crippen LogP contribution in [0, 0.1) is 5.92 Å². The Morgan fingerprint density at radius 1 is 1.13 bits per heavy atom. The number of allylic oxidation sites excluding steroid dienone is 2. The summed E-state index contributed by atoms with van der Waals surface area (Å²) in [5.41, 5.74) is 1.33. The van der Waals surface area contributed by atoms with Gasteiger partial charge in [0.1, 0.15) is 5.75 Å². The highest BCUT2D eigenvalue weighted by molar-refractivity contribution is 5.28. The minimum absolute atomic E-state index is 0.747. The molecule has 0 saturated carbocycles. The molecule has 0 aliphatic carbocycles. The predicted octanol–water partition coefficient (Wildman–Crippen LogP) is 3.84. The predicted molar refractivity (Wildman–Crippen MR) is 65.3 cm³/mol. The first-order valence-corrected chi connectivity index (χ1v) is 5.50. The molecule has 0 aliphatic heterocycles. The summed E-state index contributed by atoms with van der Waals surface area (Å²) in [4.78, 5) is 0. The Labute approximate surface area is 92.8 Å². The maximum absolute atomic E-state index is 5.11. The standard InChI is InChI=1S/C14H20O/c1-12(2)6-4-5-7-13-8-10-14(15-3)11-9-13/h4-5,8-12H,6-7H2,1-3H3/b5-4-. The quantitative estimate of drug-likeness (QED) is 0.662. The molecule has 0 heterocycles. The molecule has 0 aliphatic rings. The Morgan fingerprint density at radius 3 is 2.33 bits per heavy atom. The molecular formula is C14H20O. The van der Waals surface area contributed by atoms with E-state index in [2.05, 4.69) is 38.1 Å². The molecule has 0 N–H and O–H groups in total. The van der Waals surface area contributed by atoms with E-state index >= 15 is 0 Å². The lowest BCUT2D eigenvalue weighted by Crippen LogP contribution is -1.85. The van der Waals surface area contributed by atoms with E-state index in [0.29, 0.717) is 0 Å². The average Bonchev–Trinajstić information content (AvgIpc) is 2.25. The van der Waals surface area contributed by atoms with Gasteiger partial charge in [-0.1, -0.05) is 38.1 Å². The molecule has 1 heteroatoms. The number of rotatable bonds is 5. The molecule has 0 bridgehead atoms. The number of hydrogen-bond donors (Lipinski definition) is 0. The van der Waals surface area contributed by atoms with Crippen molar-refractivity contribution in [2.75, 3.05) is 7.11 Å². The summed E-state index contributed by atoms with van der Waals surface area (Å²) in [6, 6.07) is 8.23. The van der Waals surface area contributed by atoms with Crippen molar-refractivity contribution < 1.29 is 4.74 Å². The van der Waals surface area contributed by atoms with E-state index in [1.165, 1.54) is 5.56 Å². The van der Waals surface area contributed by atoms with Crippen molar-refractivity contribution in [3.63, 3.8) is 0 Å². The summed E-state index contributed by atoms with van der Waals surface area (Å²) in [6.45, 7) is 4.47. The van der Waals surface area contributed by atoms with Gasteiger partial charge in [0.15, 0.2) is 0 Å². The van der Waals surface area contributed by atoms with Crippen LogP contribution < -0.4 is 4.74 Å². The largest absolute Gasteiger partial charge is 0.497 e. The number of hydrogen-bond acceptors (Lipinski definition) is 1. The Hall–Kier alpha value is -1.24. The van der Waals surface area contributed by atoms with E-state index in [1.807, 2.05) is 12.1 Å². The first-order valence-electron chi connectivity index (χ1n) is 5.50. The van der Waals surface area contributed by atoms with Crippen LogP contribution >= 0.6 is 0 Å². The molecule has 0 radical (unpaired) electrons. The minimum atomic E-state index is 0.747. The maximum Gasteiger partial charge on any atom is 0.118 e. The molecule has 0 amide bonds. The van der Waals surface area contributed by atoms with Gasteiger partial charge in [-0.15, -0.1) is 0 Å². The SMILES string of the molecule is COc1ccc(C/C=C\CC(C)C)cc1. The lowest BCUT2D eigenvalue weighted by molar-refractivity contribution is 0.414. The van der Waals surface area contributed by atoms with Crippen LogP contribution in [-0.4, -0.2) is 7.11 Å². The van der Waals surface area contributed by atoms with Crippen molar-refractivity contribution in [1.29, 1.82) is 0 Å². The molecular weight excluding hydrogens is 184 g/mol. The number of methoxy groups -OCH3 is 1. The van der Waals surface area contributed by atoms with Gasteiger partial charge in [-0.3, -0.25) is 0 Å². The topological polar surface area (TPSA) is 9.23 Å². The second kappa shape index (κ2) is 6.28. The van der Waals surface area contributed by atoms with Gasteiger partial charge < -0.3 is 4.74 Å². The monoisotopic (exact) mass is 204 g/mol. The van der Waals surface area contributed by atoms with Crippen LogP contribution in [0.5, 0.6) is 5.75 Å².